The van der Waals surface area contributed by atoms with Gasteiger partial charge < -0.3 is 4.79 Å². The minimum atomic E-state index is 0.523. The van der Waals surface area contributed by atoms with Crippen molar-refractivity contribution < 1.29 is 4.79 Å². The van der Waals surface area contributed by atoms with Crippen LogP contribution >= 0.6 is 23.1 Å². The number of rotatable bonds is 4. The molecule has 1 fully saturated rings. The van der Waals surface area contributed by atoms with E-state index >= 15 is 0 Å². The summed E-state index contributed by atoms with van der Waals surface area (Å²) in [7, 11) is 0. The molecule has 0 radical (unpaired) electrons. The van der Waals surface area contributed by atoms with Gasteiger partial charge in [0.15, 0.2) is 0 Å². The highest BCUT2D eigenvalue weighted by Crippen LogP contribution is 2.29. The number of hydrogen-bond acceptors (Lipinski definition) is 4. The summed E-state index contributed by atoms with van der Waals surface area (Å²) in [5, 5.41) is 1.96. The van der Waals surface area contributed by atoms with E-state index in [1.165, 1.54) is 30.0 Å². The first kappa shape index (κ1) is 11.1. The predicted octanol–water partition coefficient (Wildman–Crippen LogP) is 2.71. The molecule has 1 saturated heterocycles. The van der Waals surface area contributed by atoms with Crippen LogP contribution in [0.5, 0.6) is 0 Å². The van der Waals surface area contributed by atoms with Gasteiger partial charge in [0.05, 0.1) is 5.01 Å². The lowest BCUT2D eigenvalue weighted by Gasteiger charge is -2.19. The summed E-state index contributed by atoms with van der Waals surface area (Å²) < 4.78 is 0. The molecule has 15 heavy (non-hydrogen) atoms. The fraction of sp³-hybridized carbons (Fsp3) is 0.636. The highest BCUT2D eigenvalue weighted by molar-refractivity contribution is 7.99. The second-order valence-electron chi connectivity index (χ2n) is 3.78. The molecule has 2 heterocycles. The van der Waals surface area contributed by atoms with Gasteiger partial charge in [-0.1, -0.05) is 6.42 Å². The summed E-state index contributed by atoms with van der Waals surface area (Å²) in [6.45, 7) is 0. The van der Waals surface area contributed by atoms with Crippen molar-refractivity contribution in [2.24, 2.45) is 0 Å². The van der Waals surface area contributed by atoms with Gasteiger partial charge in [0.2, 0.25) is 0 Å². The van der Waals surface area contributed by atoms with E-state index in [2.05, 4.69) is 16.7 Å². The van der Waals surface area contributed by atoms with E-state index in [1.807, 2.05) is 6.20 Å². The van der Waals surface area contributed by atoms with E-state index in [0.717, 1.165) is 22.8 Å². The summed E-state index contributed by atoms with van der Waals surface area (Å²) in [5.74, 6) is 1.30. The number of aromatic nitrogens is 1. The van der Waals surface area contributed by atoms with E-state index in [0.29, 0.717) is 6.42 Å². The van der Waals surface area contributed by atoms with Crippen molar-refractivity contribution in [1.29, 1.82) is 0 Å². The van der Waals surface area contributed by atoms with Crippen LogP contribution in [0, 0.1) is 0 Å². The second kappa shape index (κ2) is 5.66. The van der Waals surface area contributed by atoms with E-state index < -0.39 is 0 Å². The van der Waals surface area contributed by atoms with Crippen LogP contribution in [-0.4, -0.2) is 22.3 Å². The normalized spacial score (nSPS) is 21.5. The topological polar surface area (TPSA) is 30.0 Å². The molecule has 0 spiro atoms. The Bertz CT molecular complexity index is 318. The maximum absolute atomic E-state index is 10.3. The minimum absolute atomic E-state index is 0.523. The first-order chi connectivity index (χ1) is 7.38. The molecule has 2 rings (SSSR count). The number of thioether (sulfide) groups is 1. The van der Waals surface area contributed by atoms with Crippen LogP contribution in [0.3, 0.4) is 0 Å². The lowest BCUT2D eigenvalue weighted by molar-refractivity contribution is -0.107. The molecule has 0 N–H and O–H groups in total. The molecule has 2 nitrogen and oxygen atoms in total. The third kappa shape index (κ3) is 3.31. The largest absolute Gasteiger partial charge is 0.303 e. The van der Waals surface area contributed by atoms with Gasteiger partial charge in [0, 0.05) is 29.2 Å². The Labute approximate surface area is 98.5 Å². The number of thiazole rings is 1. The molecule has 82 valence electrons. The van der Waals surface area contributed by atoms with Gasteiger partial charge >= 0.3 is 0 Å². The summed E-state index contributed by atoms with van der Waals surface area (Å²) in [6, 6.07) is 0. The Balaban J connectivity index is 1.88. The molecule has 1 unspecified atom stereocenters. The van der Waals surface area contributed by atoms with E-state index in [4.69, 9.17) is 0 Å². The van der Waals surface area contributed by atoms with Gasteiger partial charge in [0.1, 0.15) is 6.29 Å². The van der Waals surface area contributed by atoms with Crippen LogP contribution in [0.4, 0.5) is 0 Å². The molecule has 4 heteroatoms. The van der Waals surface area contributed by atoms with Crippen LogP contribution in [0.2, 0.25) is 0 Å². The quantitative estimate of drug-likeness (QED) is 0.759. The molecule has 0 amide bonds. The smallest absolute Gasteiger partial charge is 0.125 e. The standard InChI is InChI=1S/C11H15NOS2/c13-5-4-10-8-12-11(15-10)7-9-3-1-2-6-14-9/h5,8-9H,1-4,6-7H2. The van der Waals surface area contributed by atoms with Gasteiger partial charge in [-0.05, 0) is 18.6 Å². The predicted molar refractivity (Wildman–Crippen MR) is 65.7 cm³/mol. The summed E-state index contributed by atoms with van der Waals surface area (Å²) in [6.07, 6.45) is 8.48. The molecule has 1 atom stereocenters. The van der Waals surface area contributed by atoms with E-state index in [-0.39, 0.29) is 0 Å². The summed E-state index contributed by atoms with van der Waals surface area (Å²) >= 11 is 3.77. The first-order valence-corrected chi connectivity index (χ1v) is 7.24. The van der Waals surface area contributed by atoms with Gasteiger partial charge in [-0.15, -0.1) is 11.3 Å². The number of carbonyl (C=O) groups excluding carboxylic acids is 1. The molecule has 0 aliphatic carbocycles. The van der Waals surface area contributed by atoms with Crippen molar-refractivity contribution in [3.63, 3.8) is 0 Å². The molecule has 0 bridgehead atoms. The third-order valence-electron chi connectivity index (χ3n) is 2.56. The second-order valence-corrected chi connectivity index (χ2v) is 6.39. The number of aldehydes is 1. The number of hydrogen-bond donors (Lipinski definition) is 0. The van der Waals surface area contributed by atoms with Crippen molar-refractivity contribution in [3.05, 3.63) is 16.1 Å². The van der Waals surface area contributed by atoms with Gasteiger partial charge in [-0.3, -0.25) is 0 Å². The molecule has 1 aliphatic heterocycles. The molecular formula is C11H15NOS2. The molecule has 1 aromatic rings. The summed E-state index contributed by atoms with van der Waals surface area (Å²) in [4.78, 5) is 15.8. The molecule has 1 aliphatic rings. The fourth-order valence-corrected chi connectivity index (χ4v) is 4.15. The Morgan fingerprint density at radius 3 is 3.20 bits per heavy atom. The molecule has 0 saturated carbocycles. The zero-order valence-electron chi connectivity index (χ0n) is 8.65. The Morgan fingerprint density at radius 2 is 2.47 bits per heavy atom. The zero-order valence-corrected chi connectivity index (χ0v) is 10.3. The average Bonchev–Trinajstić information content (AvgIpc) is 2.68. The van der Waals surface area contributed by atoms with Crippen LogP contribution in [0.25, 0.3) is 0 Å². The SMILES string of the molecule is O=CCc1cnc(CC2CCCCS2)s1. The lowest BCUT2D eigenvalue weighted by Crippen LogP contribution is -2.12. The number of nitrogens with zero attached hydrogens (tertiary/aromatic N) is 1. The van der Waals surface area contributed by atoms with Crippen molar-refractivity contribution >= 4 is 29.4 Å². The van der Waals surface area contributed by atoms with Crippen molar-refractivity contribution in [3.8, 4) is 0 Å². The molecule has 1 aromatic heterocycles. The minimum Gasteiger partial charge on any atom is -0.303 e. The van der Waals surface area contributed by atoms with Gasteiger partial charge in [-0.2, -0.15) is 11.8 Å². The molecular weight excluding hydrogens is 226 g/mol. The van der Waals surface area contributed by atoms with Crippen molar-refractivity contribution in [2.75, 3.05) is 5.75 Å². The summed E-state index contributed by atoms with van der Waals surface area (Å²) in [5.41, 5.74) is 0. The van der Waals surface area contributed by atoms with Crippen molar-refractivity contribution in [1.82, 2.24) is 4.98 Å². The van der Waals surface area contributed by atoms with Crippen LogP contribution < -0.4 is 0 Å². The van der Waals surface area contributed by atoms with E-state index in [1.54, 1.807) is 11.3 Å². The molecule has 0 aromatic carbocycles. The zero-order chi connectivity index (χ0) is 10.5. The van der Waals surface area contributed by atoms with Crippen LogP contribution in [0.15, 0.2) is 6.20 Å². The maximum atomic E-state index is 10.3. The van der Waals surface area contributed by atoms with Crippen LogP contribution in [-0.2, 0) is 17.6 Å². The Hall–Kier alpha value is -0.350. The monoisotopic (exact) mass is 241 g/mol. The Morgan fingerprint density at radius 1 is 1.53 bits per heavy atom. The fourth-order valence-electron chi connectivity index (χ4n) is 1.78. The van der Waals surface area contributed by atoms with Crippen molar-refractivity contribution in [2.45, 2.75) is 37.4 Å². The Kier molecular flexibility index (Phi) is 4.20. The maximum Gasteiger partial charge on any atom is 0.125 e. The third-order valence-corrected chi connectivity index (χ3v) is 5.00. The number of carbonyl (C=O) groups is 1. The van der Waals surface area contributed by atoms with E-state index in [9.17, 15) is 4.79 Å². The highest BCUT2D eigenvalue weighted by atomic mass is 32.2. The average molecular weight is 241 g/mol. The van der Waals surface area contributed by atoms with Gasteiger partial charge in [-0.25, -0.2) is 4.98 Å². The highest BCUT2D eigenvalue weighted by Gasteiger charge is 2.15. The van der Waals surface area contributed by atoms with Gasteiger partial charge in [0.25, 0.3) is 0 Å². The van der Waals surface area contributed by atoms with Crippen LogP contribution in [0.1, 0.15) is 29.1 Å². The lowest BCUT2D eigenvalue weighted by atomic mass is 10.1. The first-order valence-electron chi connectivity index (χ1n) is 5.37.